The van der Waals surface area contributed by atoms with E-state index < -0.39 is 12.0 Å². The highest BCUT2D eigenvalue weighted by molar-refractivity contribution is 5.84. The Kier molecular flexibility index (Phi) is 4.10. The minimum Gasteiger partial charge on any atom is -0.433 e. The van der Waals surface area contributed by atoms with Crippen molar-refractivity contribution in [2.45, 2.75) is 12.5 Å². The van der Waals surface area contributed by atoms with Crippen LogP contribution in [0.1, 0.15) is 5.56 Å². The quantitative estimate of drug-likeness (QED) is 0.366. The number of allylic oxidation sites excluding steroid dienone is 1. The van der Waals surface area contributed by atoms with Gasteiger partial charge in [-0.1, -0.05) is 18.2 Å². The number of esters is 1. The van der Waals surface area contributed by atoms with Gasteiger partial charge in [0.25, 0.3) is 0 Å². The predicted octanol–water partition coefficient (Wildman–Crippen LogP) is 1.29. The highest BCUT2D eigenvalue weighted by Gasteiger charge is 2.16. The van der Waals surface area contributed by atoms with E-state index in [-0.39, 0.29) is 0 Å². The van der Waals surface area contributed by atoms with Crippen molar-refractivity contribution in [2.75, 3.05) is 0 Å². The third kappa shape index (κ3) is 3.08. The molecular formula is C14H14N2O3. The van der Waals surface area contributed by atoms with E-state index in [0.29, 0.717) is 12.7 Å². The molecule has 0 aliphatic carbocycles. The maximum absolute atomic E-state index is 11.6. The van der Waals surface area contributed by atoms with Crippen LogP contribution >= 0.6 is 0 Å². The van der Waals surface area contributed by atoms with Gasteiger partial charge in [-0.25, -0.2) is 4.79 Å². The molecule has 98 valence electrons. The summed E-state index contributed by atoms with van der Waals surface area (Å²) >= 11 is 0. The maximum atomic E-state index is 11.6. The molecule has 5 heteroatoms. The Hall–Kier alpha value is -2.40. The number of benzene rings is 1. The van der Waals surface area contributed by atoms with Crippen LogP contribution in [0.2, 0.25) is 0 Å². The molecule has 3 N–H and O–H groups in total. The van der Waals surface area contributed by atoms with E-state index in [1.54, 1.807) is 0 Å². The van der Waals surface area contributed by atoms with Gasteiger partial charge in [-0.2, -0.15) is 0 Å². The molecule has 1 heterocycles. The summed E-state index contributed by atoms with van der Waals surface area (Å²) in [5.41, 5.74) is 7.73. The second-order valence-electron chi connectivity index (χ2n) is 4.07. The number of carbonyl (C=O) groups is 2. The monoisotopic (exact) mass is 258 g/mol. The molecule has 5 nitrogen and oxygen atoms in total. The van der Waals surface area contributed by atoms with Gasteiger partial charge in [0, 0.05) is 29.6 Å². The van der Waals surface area contributed by atoms with Crippen molar-refractivity contribution in [3.63, 3.8) is 0 Å². The summed E-state index contributed by atoms with van der Waals surface area (Å²) in [7, 11) is 0. The molecule has 1 atom stereocenters. The number of para-hydroxylation sites is 1. The average molecular weight is 258 g/mol. The fourth-order valence-corrected chi connectivity index (χ4v) is 1.85. The molecule has 0 unspecified atom stereocenters. The highest BCUT2D eigenvalue weighted by Crippen LogP contribution is 2.18. The van der Waals surface area contributed by atoms with E-state index in [1.807, 2.05) is 30.5 Å². The molecule has 0 amide bonds. The molecule has 0 aliphatic rings. The van der Waals surface area contributed by atoms with Crippen molar-refractivity contribution < 1.29 is 14.3 Å². The molecule has 2 rings (SSSR count). The van der Waals surface area contributed by atoms with Gasteiger partial charge in [-0.15, -0.1) is 0 Å². The van der Waals surface area contributed by atoms with Gasteiger partial charge in [-0.3, -0.25) is 4.79 Å². The zero-order valence-corrected chi connectivity index (χ0v) is 10.2. The SMILES string of the molecule is N[C@@H](Cc1c[nH]c2ccccc12)C(=O)OC=CC=O. The van der Waals surface area contributed by atoms with Crippen LogP contribution in [0.4, 0.5) is 0 Å². The summed E-state index contributed by atoms with van der Waals surface area (Å²) in [6.07, 6.45) is 4.86. The molecule has 0 radical (unpaired) electrons. The van der Waals surface area contributed by atoms with E-state index in [4.69, 9.17) is 10.5 Å². The Morgan fingerprint density at radius 2 is 2.21 bits per heavy atom. The lowest BCUT2D eigenvalue weighted by molar-refractivity contribution is -0.139. The summed E-state index contributed by atoms with van der Waals surface area (Å²) < 4.78 is 4.72. The minimum absolute atomic E-state index is 0.373. The van der Waals surface area contributed by atoms with Crippen molar-refractivity contribution in [2.24, 2.45) is 5.73 Å². The van der Waals surface area contributed by atoms with Gasteiger partial charge >= 0.3 is 5.97 Å². The lowest BCUT2D eigenvalue weighted by Crippen LogP contribution is -2.33. The molecule has 19 heavy (non-hydrogen) atoms. The zero-order valence-electron chi connectivity index (χ0n) is 10.2. The van der Waals surface area contributed by atoms with Crippen molar-refractivity contribution in [1.82, 2.24) is 4.98 Å². The minimum atomic E-state index is -0.768. The van der Waals surface area contributed by atoms with Crippen molar-refractivity contribution in [3.05, 3.63) is 48.4 Å². The molecule has 0 saturated heterocycles. The Bertz CT molecular complexity index is 616. The summed E-state index contributed by atoms with van der Waals surface area (Å²) in [6, 6.07) is 7.01. The number of aldehydes is 1. The number of ether oxygens (including phenoxy) is 1. The van der Waals surface area contributed by atoms with Gasteiger partial charge < -0.3 is 15.5 Å². The number of nitrogens with two attached hydrogens (primary N) is 1. The smallest absolute Gasteiger partial charge is 0.328 e. The van der Waals surface area contributed by atoms with E-state index in [0.717, 1.165) is 28.8 Å². The molecule has 0 saturated carbocycles. The number of carbonyl (C=O) groups excluding carboxylic acids is 2. The number of fused-ring (bicyclic) bond motifs is 1. The van der Waals surface area contributed by atoms with Crippen LogP contribution < -0.4 is 5.73 Å². The molecule has 1 aromatic heterocycles. The molecule has 0 spiro atoms. The Morgan fingerprint density at radius 3 is 3.00 bits per heavy atom. The first-order valence-corrected chi connectivity index (χ1v) is 5.83. The summed E-state index contributed by atoms with van der Waals surface area (Å²) in [5, 5.41) is 1.04. The number of rotatable bonds is 5. The fraction of sp³-hybridized carbons (Fsp3) is 0.143. The van der Waals surface area contributed by atoms with E-state index in [9.17, 15) is 9.59 Å². The standard InChI is InChI=1S/C14H14N2O3/c15-12(14(18)19-7-3-6-17)8-10-9-16-13-5-2-1-4-11(10)13/h1-7,9,12,16H,8,15H2/t12-/m0/s1. The maximum Gasteiger partial charge on any atom is 0.328 e. The number of hydrogen-bond acceptors (Lipinski definition) is 4. The number of aromatic amines is 1. The fourth-order valence-electron chi connectivity index (χ4n) is 1.85. The first-order valence-electron chi connectivity index (χ1n) is 5.83. The largest absolute Gasteiger partial charge is 0.433 e. The van der Waals surface area contributed by atoms with E-state index in [2.05, 4.69) is 4.98 Å². The van der Waals surface area contributed by atoms with Gasteiger partial charge in [0.05, 0.1) is 6.26 Å². The average Bonchev–Trinajstić information content (AvgIpc) is 2.82. The topological polar surface area (TPSA) is 85.2 Å². The second-order valence-corrected chi connectivity index (χ2v) is 4.07. The third-order valence-corrected chi connectivity index (χ3v) is 2.76. The molecule has 0 aliphatic heterocycles. The van der Waals surface area contributed by atoms with Crippen LogP contribution in [0, 0.1) is 0 Å². The van der Waals surface area contributed by atoms with E-state index in [1.165, 1.54) is 0 Å². The summed E-state index contributed by atoms with van der Waals surface area (Å²) in [6.45, 7) is 0. The Labute approximate surface area is 110 Å². The van der Waals surface area contributed by atoms with Gasteiger partial charge in [0.1, 0.15) is 12.3 Å². The van der Waals surface area contributed by atoms with Crippen molar-refractivity contribution >= 4 is 23.2 Å². The van der Waals surface area contributed by atoms with Crippen LogP contribution in [-0.2, 0) is 20.7 Å². The normalized spacial score (nSPS) is 12.7. The first kappa shape index (κ1) is 13.0. The molecule has 0 bridgehead atoms. The second kappa shape index (κ2) is 5.97. The number of H-pyrrole nitrogens is 1. The summed E-state index contributed by atoms with van der Waals surface area (Å²) in [4.78, 5) is 24.7. The predicted molar refractivity (Wildman–Crippen MR) is 71.3 cm³/mol. The van der Waals surface area contributed by atoms with Crippen molar-refractivity contribution in [1.29, 1.82) is 0 Å². The lowest BCUT2D eigenvalue weighted by Gasteiger charge is -2.08. The van der Waals surface area contributed by atoms with Crippen LogP contribution in [-0.4, -0.2) is 23.3 Å². The zero-order chi connectivity index (χ0) is 13.7. The number of hydrogen-bond donors (Lipinski definition) is 2. The lowest BCUT2D eigenvalue weighted by atomic mass is 10.1. The first-order chi connectivity index (χ1) is 9.22. The highest BCUT2D eigenvalue weighted by atomic mass is 16.5. The summed E-state index contributed by atoms with van der Waals surface area (Å²) in [5.74, 6) is -0.566. The molecule has 2 aromatic rings. The van der Waals surface area contributed by atoms with Crippen LogP contribution in [0.3, 0.4) is 0 Å². The van der Waals surface area contributed by atoms with Gasteiger partial charge in [-0.05, 0) is 11.6 Å². The van der Waals surface area contributed by atoms with Gasteiger partial charge in [0.15, 0.2) is 0 Å². The Morgan fingerprint density at radius 1 is 1.42 bits per heavy atom. The number of aromatic nitrogens is 1. The van der Waals surface area contributed by atoms with Crippen LogP contribution in [0.15, 0.2) is 42.8 Å². The number of nitrogens with one attached hydrogen (secondary N) is 1. The third-order valence-electron chi connectivity index (χ3n) is 2.76. The molecule has 0 fully saturated rings. The molecular weight excluding hydrogens is 244 g/mol. The molecule has 1 aromatic carbocycles. The van der Waals surface area contributed by atoms with E-state index >= 15 is 0 Å². The van der Waals surface area contributed by atoms with Crippen LogP contribution in [0.25, 0.3) is 10.9 Å². The van der Waals surface area contributed by atoms with Crippen LogP contribution in [0.5, 0.6) is 0 Å². The Balaban J connectivity index is 2.06. The van der Waals surface area contributed by atoms with Gasteiger partial charge in [0.2, 0.25) is 0 Å². The van der Waals surface area contributed by atoms with Crippen molar-refractivity contribution in [3.8, 4) is 0 Å².